The average molecular weight is 271 g/mol. The molecule has 2 heterocycles. The van der Waals surface area contributed by atoms with E-state index in [0.717, 1.165) is 11.4 Å². The molecule has 1 aliphatic rings. The largest absolute Gasteiger partial charge is 0.326 e. The molecular formula is C16H18FN3. The van der Waals surface area contributed by atoms with Crippen LogP contribution in [0.25, 0.3) is 0 Å². The second kappa shape index (κ2) is 4.49. The van der Waals surface area contributed by atoms with Gasteiger partial charge in [-0.25, -0.2) is 9.82 Å². The van der Waals surface area contributed by atoms with Crippen molar-refractivity contribution >= 4 is 5.69 Å². The van der Waals surface area contributed by atoms with E-state index >= 15 is 0 Å². The Morgan fingerprint density at radius 2 is 1.70 bits per heavy atom. The fraction of sp³-hybridized carbons (Fsp3) is 0.250. The van der Waals surface area contributed by atoms with Crippen molar-refractivity contribution in [2.45, 2.75) is 26.4 Å². The third kappa shape index (κ3) is 1.93. The number of para-hydroxylation sites is 1. The van der Waals surface area contributed by atoms with E-state index < -0.39 is 0 Å². The Hall–Kier alpha value is -2.07. The molecule has 1 unspecified atom stereocenters. The lowest BCUT2D eigenvalue weighted by molar-refractivity contribution is 0.331. The highest BCUT2D eigenvalue weighted by molar-refractivity contribution is 5.51. The highest BCUT2D eigenvalue weighted by Crippen LogP contribution is 2.29. The zero-order valence-electron chi connectivity index (χ0n) is 11.9. The molecule has 3 nitrogen and oxygen atoms in total. The molecule has 1 aromatic carbocycles. The van der Waals surface area contributed by atoms with Crippen molar-refractivity contribution in [1.29, 1.82) is 0 Å². The van der Waals surface area contributed by atoms with Gasteiger partial charge in [-0.1, -0.05) is 12.1 Å². The van der Waals surface area contributed by atoms with Gasteiger partial charge in [-0.3, -0.25) is 5.01 Å². The van der Waals surface area contributed by atoms with Crippen molar-refractivity contribution < 1.29 is 4.39 Å². The molecule has 0 amide bonds. The second-order valence-electron chi connectivity index (χ2n) is 5.35. The van der Waals surface area contributed by atoms with Crippen LogP contribution < -0.4 is 10.4 Å². The summed E-state index contributed by atoms with van der Waals surface area (Å²) in [6.45, 7) is 6.21. The summed E-state index contributed by atoms with van der Waals surface area (Å²) in [4.78, 5) is 0. The minimum Gasteiger partial charge on any atom is -0.326 e. The smallest absolute Gasteiger partial charge is 0.148 e. The minimum atomic E-state index is -0.389. The number of nitrogens with one attached hydrogen (secondary N) is 1. The van der Waals surface area contributed by atoms with Crippen LogP contribution in [-0.4, -0.2) is 4.57 Å². The summed E-state index contributed by atoms with van der Waals surface area (Å²) in [6.07, 6.45) is 3.91. The van der Waals surface area contributed by atoms with Crippen LogP contribution in [0.2, 0.25) is 0 Å². The summed E-state index contributed by atoms with van der Waals surface area (Å²) in [5.41, 5.74) is 5.82. The highest BCUT2D eigenvalue weighted by atomic mass is 19.1. The molecule has 0 aliphatic carbocycles. The zero-order chi connectivity index (χ0) is 14.3. The Balaban J connectivity index is 1.95. The molecule has 104 valence electrons. The highest BCUT2D eigenvalue weighted by Gasteiger charge is 2.32. The van der Waals surface area contributed by atoms with E-state index in [1.54, 1.807) is 17.1 Å². The van der Waals surface area contributed by atoms with Crippen LogP contribution in [-0.2, 0) is 5.66 Å². The van der Waals surface area contributed by atoms with Crippen LogP contribution in [0, 0.1) is 19.7 Å². The van der Waals surface area contributed by atoms with Crippen LogP contribution >= 0.6 is 0 Å². The predicted octanol–water partition coefficient (Wildman–Crippen LogP) is 3.46. The molecule has 0 radical (unpaired) electrons. The number of hydrogen-bond acceptors (Lipinski definition) is 2. The van der Waals surface area contributed by atoms with E-state index in [4.69, 9.17) is 0 Å². The maximum absolute atomic E-state index is 13.9. The van der Waals surface area contributed by atoms with E-state index in [1.807, 2.05) is 18.3 Å². The molecule has 0 bridgehead atoms. The van der Waals surface area contributed by atoms with Gasteiger partial charge in [-0.05, 0) is 51.1 Å². The van der Waals surface area contributed by atoms with Crippen molar-refractivity contribution in [2.75, 3.05) is 5.01 Å². The lowest BCUT2D eigenvalue weighted by Crippen LogP contribution is -2.47. The standard InChI is InChI=1S/C16H18FN3/c1-12-8-9-13(2)20(12)16(3)10-11-19(18-16)15-7-5-4-6-14(15)17/h4-11,18H,1-3H3. The molecule has 1 aliphatic heterocycles. The Kier molecular flexibility index (Phi) is 2.91. The fourth-order valence-corrected chi connectivity index (χ4v) is 2.85. The number of halogens is 1. The molecule has 0 fully saturated rings. The molecule has 4 heteroatoms. The van der Waals surface area contributed by atoms with Crippen molar-refractivity contribution in [2.24, 2.45) is 0 Å². The number of nitrogens with zero attached hydrogens (tertiary/aromatic N) is 2. The number of aryl methyl sites for hydroxylation is 2. The molecular weight excluding hydrogens is 253 g/mol. The first-order valence-electron chi connectivity index (χ1n) is 6.68. The molecule has 0 saturated heterocycles. The fourth-order valence-electron chi connectivity index (χ4n) is 2.85. The number of anilines is 1. The molecule has 2 aromatic rings. The normalized spacial score (nSPS) is 21.7. The SMILES string of the molecule is Cc1ccc(C)n1C1(C)C=CN(c2ccccc2F)N1. The molecule has 1 N–H and O–H groups in total. The van der Waals surface area contributed by atoms with Gasteiger partial charge in [0.05, 0.1) is 5.69 Å². The quantitative estimate of drug-likeness (QED) is 0.902. The van der Waals surface area contributed by atoms with Gasteiger partial charge in [0, 0.05) is 17.6 Å². The average Bonchev–Trinajstić information content (AvgIpc) is 2.95. The Morgan fingerprint density at radius 3 is 2.35 bits per heavy atom. The monoisotopic (exact) mass is 271 g/mol. The number of rotatable bonds is 2. The van der Waals surface area contributed by atoms with Crippen LogP contribution in [0.4, 0.5) is 10.1 Å². The summed E-state index contributed by atoms with van der Waals surface area (Å²) in [6, 6.07) is 10.9. The van der Waals surface area contributed by atoms with Crippen LogP contribution in [0.1, 0.15) is 18.3 Å². The Labute approximate surface area is 118 Å². The number of benzene rings is 1. The molecule has 0 saturated carbocycles. The predicted molar refractivity (Wildman–Crippen MR) is 78.7 cm³/mol. The first-order chi connectivity index (χ1) is 9.51. The van der Waals surface area contributed by atoms with Crippen molar-refractivity contribution in [3.63, 3.8) is 0 Å². The van der Waals surface area contributed by atoms with Crippen molar-refractivity contribution in [3.8, 4) is 0 Å². The third-order valence-electron chi connectivity index (χ3n) is 3.74. The van der Waals surface area contributed by atoms with Gasteiger partial charge < -0.3 is 4.57 Å². The molecule has 3 rings (SSSR count). The summed E-state index contributed by atoms with van der Waals surface area (Å²) in [7, 11) is 0. The summed E-state index contributed by atoms with van der Waals surface area (Å²) < 4.78 is 16.1. The molecule has 1 atom stereocenters. The third-order valence-corrected chi connectivity index (χ3v) is 3.74. The van der Waals surface area contributed by atoms with Gasteiger partial charge in [-0.2, -0.15) is 0 Å². The summed E-state index contributed by atoms with van der Waals surface area (Å²) in [5.74, 6) is -0.241. The molecule has 20 heavy (non-hydrogen) atoms. The summed E-state index contributed by atoms with van der Waals surface area (Å²) in [5, 5.41) is 1.73. The van der Waals surface area contributed by atoms with E-state index in [1.165, 1.54) is 6.07 Å². The maximum Gasteiger partial charge on any atom is 0.148 e. The van der Waals surface area contributed by atoms with E-state index in [0.29, 0.717) is 5.69 Å². The minimum absolute atomic E-state index is 0.241. The number of hydrazine groups is 1. The first-order valence-corrected chi connectivity index (χ1v) is 6.68. The number of aromatic nitrogens is 1. The van der Waals surface area contributed by atoms with Crippen LogP contribution in [0.3, 0.4) is 0 Å². The molecule has 0 spiro atoms. The second-order valence-corrected chi connectivity index (χ2v) is 5.35. The first kappa shape index (κ1) is 12.9. The topological polar surface area (TPSA) is 20.2 Å². The van der Waals surface area contributed by atoms with Gasteiger partial charge in [0.2, 0.25) is 0 Å². The van der Waals surface area contributed by atoms with E-state index in [2.05, 4.69) is 42.9 Å². The number of hydrogen-bond donors (Lipinski definition) is 1. The lowest BCUT2D eigenvalue weighted by atomic mass is 10.2. The van der Waals surface area contributed by atoms with E-state index in [-0.39, 0.29) is 11.5 Å². The van der Waals surface area contributed by atoms with Gasteiger partial charge in [-0.15, -0.1) is 0 Å². The summed E-state index contributed by atoms with van der Waals surface area (Å²) >= 11 is 0. The van der Waals surface area contributed by atoms with Gasteiger partial charge in [0.1, 0.15) is 11.5 Å². The van der Waals surface area contributed by atoms with Crippen LogP contribution in [0.15, 0.2) is 48.7 Å². The van der Waals surface area contributed by atoms with Gasteiger partial charge in [0.15, 0.2) is 0 Å². The van der Waals surface area contributed by atoms with Gasteiger partial charge >= 0.3 is 0 Å². The maximum atomic E-state index is 13.9. The molecule has 1 aromatic heterocycles. The van der Waals surface area contributed by atoms with Gasteiger partial charge in [0.25, 0.3) is 0 Å². The van der Waals surface area contributed by atoms with Crippen molar-refractivity contribution in [3.05, 3.63) is 65.9 Å². The Bertz CT molecular complexity index is 655. The Morgan fingerprint density at radius 1 is 1.05 bits per heavy atom. The zero-order valence-corrected chi connectivity index (χ0v) is 11.9. The van der Waals surface area contributed by atoms with E-state index in [9.17, 15) is 4.39 Å². The van der Waals surface area contributed by atoms with Crippen LogP contribution in [0.5, 0.6) is 0 Å². The van der Waals surface area contributed by atoms with Crippen molar-refractivity contribution in [1.82, 2.24) is 9.99 Å². The lowest BCUT2D eigenvalue weighted by Gasteiger charge is -2.31.